The molecule has 0 unspecified atom stereocenters. The molecule has 29 heavy (non-hydrogen) atoms. The number of rotatable bonds is 12. The van der Waals surface area contributed by atoms with Gasteiger partial charge in [0.2, 0.25) is 5.91 Å². The van der Waals surface area contributed by atoms with Crippen molar-refractivity contribution in [3.05, 3.63) is 29.3 Å². The maximum atomic E-state index is 11.8. The summed E-state index contributed by atoms with van der Waals surface area (Å²) in [5, 5.41) is 9.61. The SMILES string of the molecule is CCNC(=NCc1ccc(C)cc1OCCOC)NCCCNC(=O)C1CCC1. The van der Waals surface area contributed by atoms with Crippen LogP contribution in [0.1, 0.15) is 43.7 Å². The van der Waals surface area contributed by atoms with Crippen LogP contribution < -0.4 is 20.7 Å². The van der Waals surface area contributed by atoms with Gasteiger partial charge < -0.3 is 25.4 Å². The summed E-state index contributed by atoms with van der Waals surface area (Å²) < 4.78 is 10.9. The first-order valence-corrected chi connectivity index (χ1v) is 10.6. The molecule has 0 heterocycles. The highest BCUT2D eigenvalue weighted by Crippen LogP contribution is 2.26. The number of carbonyl (C=O) groups is 1. The zero-order valence-electron chi connectivity index (χ0n) is 18.1. The van der Waals surface area contributed by atoms with E-state index >= 15 is 0 Å². The number of aryl methyl sites for hydroxylation is 1. The highest BCUT2D eigenvalue weighted by molar-refractivity contribution is 5.80. The largest absolute Gasteiger partial charge is 0.491 e. The number of benzene rings is 1. The number of hydrogen-bond donors (Lipinski definition) is 3. The Kier molecular flexibility index (Phi) is 10.3. The molecule has 0 spiro atoms. The molecule has 2 rings (SSSR count). The lowest BCUT2D eigenvalue weighted by Gasteiger charge is -2.24. The lowest BCUT2D eigenvalue weighted by molar-refractivity contribution is -0.127. The highest BCUT2D eigenvalue weighted by Gasteiger charge is 2.24. The van der Waals surface area contributed by atoms with Crippen LogP contribution in [0.2, 0.25) is 0 Å². The molecule has 1 fully saturated rings. The van der Waals surface area contributed by atoms with Gasteiger partial charge in [-0.2, -0.15) is 0 Å². The number of carbonyl (C=O) groups excluding carboxylic acids is 1. The van der Waals surface area contributed by atoms with E-state index < -0.39 is 0 Å². The van der Waals surface area contributed by atoms with Crippen LogP contribution in [0, 0.1) is 12.8 Å². The molecule has 7 heteroatoms. The predicted molar refractivity (Wildman–Crippen MR) is 116 cm³/mol. The molecule has 0 bridgehead atoms. The minimum absolute atomic E-state index is 0.206. The molecule has 0 radical (unpaired) electrons. The van der Waals surface area contributed by atoms with Crippen molar-refractivity contribution in [1.82, 2.24) is 16.0 Å². The van der Waals surface area contributed by atoms with Crippen molar-refractivity contribution < 1.29 is 14.3 Å². The third kappa shape index (κ3) is 8.31. The summed E-state index contributed by atoms with van der Waals surface area (Å²) in [6.07, 6.45) is 4.12. The fourth-order valence-electron chi connectivity index (χ4n) is 2.99. The van der Waals surface area contributed by atoms with Crippen LogP contribution in [0.5, 0.6) is 5.75 Å². The first-order chi connectivity index (χ1) is 14.1. The Balaban J connectivity index is 1.80. The van der Waals surface area contributed by atoms with Gasteiger partial charge in [-0.1, -0.05) is 18.6 Å². The quantitative estimate of drug-likeness (QED) is 0.283. The number of hydrogen-bond acceptors (Lipinski definition) is 4. The Morgan fingerprint density at radius 1 is 1.17 bits per heavy atom. The molecule has 0 atom stereocenters. The molecule has 162 valence electrons. The summed E-state index contributed by atoms with van der Waals surface area (Å²) in [4.78, 5) is 16.5. The molecule has 1 aromatic rings. The molecule has 7 nitrogen and oxygen atoms in total. The second-order valence-corrected chi connectivity index (χ2v) is 7.35. The molecular weight excluding hydrogens is 368 g/mol. The minimum Gasteiger partial charge on any atom is -0.491 e. The molecule has 1 saturated carbocycles. The average Bonchev–Trinajstić information content (AvgIpc) is 2.65. The Labute approximate surface area is 174 Å². The fourth-order valence-corrected chi connectivity index (χ4v) is 2.99. The summed E-state index contributed by atoms with van der Waals surface area (Å²) >= 11 is 0. The van der Waals surface area contributed by atoms with Crippen molar-refractivity contribution in [3.8, 4) is 5.75 Å². The van der Waals surface area contributed by atoms with Crippen LogP contribution in [0.15, 0.2) is 23.2 Å². The third-order valence-corrected chi connectivity index (χ3v) is 4.94. The number of aliphatic imine (C=N–C) groups is 1. The average molecular weight is 405 g/mol. The van der Waals surface area contributed by atoms with Crippen LogP contribution in [0.25, 0.3) is 0 Å². The second kappa shape index (κ2) is 13.0. The van der Waals surface area contributed by atoms with E-state index in [1.807, 2.05) is 19.9 Å². The smallest absolute Gasteiger partial charge is 0.223 e. The van der Waals surface area contributed by atoms with Gasteiger partial charge in [-0.3, -0.25) is 4.79 Å². The molecule has 0 aliphatic heterocycles. The van der Waals surface area contributed by atoms with Crippen molar-refractivity contribution >= 4 is 11.9 Å². The number of nitrogens with zero attached hydrogens (tertiary/aromatic N) is 1. The van der Waals surface area contributed by atoms with Gasteiger partial charge in [0.05, 0.1) is 13.2 Å². The van der Waals surface area contributed by atoms with Crippen LogP contribution in [0.3, 0.4) is 0 Å². The van der Waals surface area contributed by atoms with Crippen molar-refractivity contribution in [2.75, 3.05) is 40.0 Å². The summed E-state index contributed by atoms with van der Waals surface area (Å²) in [5.41, 5.74) is 2.19. The van der Waals surface area contributed by atoms with Gasteiger partial charge in [-0.25, -0.2) is 4.99 Å². The van der Waals surface area contributed by atoms with E-state index in [1.165, 1.54) is 6.42 Å². The van der Waals surface area contributed by atoms with E-state index in [1.54, 1.807) is 7.11 Å². The maximum Gasteiger partial charge on any atom is 0.223 e. The molecule has 0 aromatic heterocycles. The zero-order chi connectivity index (χ0) is 20.9. The molecule has 3 N–H and O–H groups in total. The number of ether oxygens (including phenoxy) is 2. The number of methoxy groups -OCH3 is 1. The van der Waals surface area contributed by atoms with Gasteiger partial charge in [-0.05, 0) is 44.7 Å². The topological polar surface area (TPSA) is 84.0 Å². The van der Waals surface area contributed by atoms with Gasteiger partial charge in [0, 0.05) is 38.2 Å². The highest BCUT2D eigenvalue weighted by atomic mass is 16.5. The molecule has 1 aliphatic rings. The number of guanidine groups is 1. The van der Waals surface area contributed by atoms with Crippen LogP contribution in [-0.4, -0.2) is 51.8 Å². The molecule has 1 aromatic carbocycles. The molecule has 0 saturated heterocycles. The second-order valence-electron chi connectivity index (χ2n) is 7.35. The Morgan fingerprint density at radius 3 is 2.66 bits per heavy atom. The Bertz CT molecular complexity index is 659. The Morgan fingerprint density at radius 2 is 1.97 bits per heavy atom. The normalized spacial score (nSPS) is 14.2. The van der Waals surface area contributed by atoms with Crippen LogP contribution >= 0.6 is 0 Å². The summed E-state index contributed by atoms with van der Waals surface area (Å²) in [5.74, 6) is 2.07. The minimum atomic E-state index is 0.206. The fraction of sp³-hybridized carbons (Fsp3) is 0.636. The van der Waals surface area contributed by atoms with Gasteiger partial charge in [-0.15, -0.1) is 0 Å². The van der Waals surface area contributed by atoms with Gasteiger partial charge in [0.15, 0.2) is 5.96 Å². The van der Waals surface area contributed by atoms with E-state index in [2.05, 4.69) is 33.1 Å². The Hall–Kier alpha value is -2.28. The summed E-state index contributed by atoms with van der Waals surface area (Å²) in [6, 6.07) is 6.16. The van der Waals surface area contributed by atoms with E-state index in [-0.39, 0.29) is 11.8 Å². The van der Waals surface area contributed by atoms with E-state index in [4.69, 9.17) is 9.47 Å². The van der Waals surface area contributed by atoms with Crippen molar-refractivity contribution in [2.24, 2.45) is 10.9 Å². The van der Waals surface area contributed by atoms with E-state index in [9.17, 15) is 4.79 Å². The molecule has 1 aliphatic carbocycles. The van der Waals surface area contributed by atoms with Crippen molar-refractivity contribution in [1.29, 1.82) is 0 Å². The molecular formula is C22H36N4O3. The maximum absolute atomic E-state index is 11.8. The van der Waals surface area contributed by atoms with Gasteiger partial charge in [0.25, 0.3) is 0 Å². The van der Waals surface area contributed by atoms with Crippen molar-refractivity contribution in [3.63, 3.8) is 0 Å². The van der Waals surface area contributed by atoms with Gasteiger partial charge >= 0.3 is 0 Å². The van der Waals surface area contributed by atoms with Crippen LogP contribution in [0.4, 0.5) is 0 Å². The summed E-state index contributed by atoms with van der Waals surface area (Å²) in [6.45, 7) is 7.91. The lowest BCUT2D eigenvalue weighted by Crippen LogP contribution is -2.39. The van der Waals surface area contributed by atoms with Crippen molar-refractivity contribution in [2.45, 2.75) is 46.1 Å². The summed E-state index contributed by atoms with van der Waals surface area (Å²) in [7, 11) is 1.66. The molecule has 1 amide bonds. The first-order valence-electron chi connectivity index (χ1n) is 10.6. The number of nitrogens with one attached hydrogen (secondary N) is 3. The first kappa shape index (κ1) is 23.0. The monoisotopic (exact) mass is 404 g/mol. The van der Waals surface area contributed by atoms with E-state index in [0.717, 1.165) is 55.2 Å². The zero-order valence-corrected chi connectivity index (χ0v) is 18.1. The standard InChI is InChI=1S/C22H36N4O3/c1-4-23-22(25-12-6-11-24-21(27)18-7-5-8-18)26-16-19-10-9-17(2)15-20(19)29-14-13-28-3/h9-10,15,18H,4-8,11-14,16H2,1-3H3,(H,24,27)(H2,23,25,26). The third-order valence-electron chi connectivity index (χ3n) is 4.94. The predicted octanol–water partition coefficient (Wildman–Crippen LogP) is 2.38. The number of amides is 1. The lowest BCUT2D eigenvalue weighted by atomic mass is 9.85. The van der Waals surface area contributed by atoms with E-state index in [0.29, 0.717) is 26.3 Å². The van der Waals surface area contributed by atoms with Crippen LogP contribution in [-0.2, 0) is 16.1 Å². The van der Waals surface area contributed by atoms with Gasteiger partial charge in [0.1, 0.15) is 12.4 Å².